The van der Waals surface area contributed by atoms with Crippen molar-refractivity contribution < 1.29 is 18.3 Å². The maximum atomic E-state index is 11.9. The molecule has 17 heavy (non-hydrogen) atoms. The van der Waals surface area contributed by atoms with Crippen LogP contribution >= 0.6 is 0 Å². The summed E-state index contributed by atoms with van der Waals surface area (Å²) in [5.74, 6) is 0. The predicted molar refractivity (Wildman–Crippen MR) is 63.9 cm³/mol. The fraction of sp³-hybridized carbons (Fsp3) is 1.00. The minimum absolute atomic E-state index is 0.153. The summed E-state index contributed by atoms with van der Waals surface area (Å²) in [5.41, 5.74) is 0. The molecule has 104 valence electrons. The van der Waals surface area contributed by atoms with E-state index in [-0.39, 0.29) is 6.42 Å². The molecule has 0 radical (unpaired) electrons. The van der Waals surface area contributed by atoms with Crippen molar-refractivity contribution in [3.05, 3.63) is 0 Å². The lowest BCUT2D eigenvalue weighted by Crippen LogP contribution is -2.28. The Morgan fingerprint density at radius 1 is 0.824 bits per heavy atom. The maximum Gasteiger partial charge on any atom is 0.414 e. The Morgan fingerprint density at radius 2 is 1.24 bits per heavy atom. The minimum atomic E-state index is -4.44. The first-order valence-electron chi connectivity index (χ1n) is 6.73. The van der Waals surface area contributed by atoms with E-state index in [9.17, 15) is 13.2 Å². The zero-order valence-corrected chi connectivity index (χ0v) is 10.7. The van der Waals surface area contributed by atoms with Gasteiger partial charge in [0.15, 0.2) is 0 Å². The second-order valence-corrected chi connectivity index (χ2v) is 4.67. The third kappa shape index (κ3) is 10.6. The van der Waals surface area contributed by atoms with Crippen LogP contribution in [0.15, 0.2) is 0 Å². The van der Waals surface area contributed by atoms with Gasteiger partial charge in [0.1, 0.15) is 6.10 Å². The largest absolute Gasteiger partial charge is 0.414 e. The van der Waals surface area contributed by atoms with E-state index >= 15 is 0 Å². The van der Waals surface area contributed by atoms with E-state index in [2.05, 4.69) is 6.92 Å². The van der Waals surface area contributed by atoms with Gasteiger partial charge in [-0.05, 0) is 6.42 Å². The first kappa shape index (κ1) is 16.8. The van der Waals surface area contributed by atoms with Gasteiger partial charge in [-0.1, -0.05) is 64.7 Å². The summed E-state index contributed by atoms with van der Waals surface area (Å²) in [5, 5.41) is 8.76. The SMILES string of the molecule is CCCCCCCCCCCC(O)C(F)(F)F. The van der Waals surface area contributed by atoms with Gasteiger partial charge in [-0.3, -0.25) is 0 Å². The molecule has 0 aliphatic rings. The Labute approximate surface area is 102 Å². The Balaban J connectivity index is 3.19. The van der Waals surface area contributed by atoms with Crippen LogP contribution in [0.1, 0.15) is 71.1 Å². The molecule has 0 aliphatic heterocycles. The van der Waals surface area contributed by atoms with Crippen molar-refractivity contribution in [1.29, 1.82) is 0 Å². The summed E-state index contributed by atoms with van der Waals surface area (Å²) >= 11 is 0. The number of unbranched alkanes of at least 4 members (excludes halogenated alkanes) is 8. The third-order valence-electron chi connectivity index (χ3n) is 2.96. The molecule has 1 unspecified atom stereocenters. The Hall–Kier alpha value is -0.250. The molecule has 0 saturated heterocycles. The first-order valence-corrected chi connectivity index (χ1v) is 6.73. The Morgan fingerprint density at radius 3 is 1.65 bits per heavy atom. The molecule has 0 aromatic carbocycles. The topological polar surface area (TPSA) is 20.2 Å². The summed E-state index contributed by atoms with van der Waals surface area (Å²) < 4.78 is 35.8. The molecule has 0 spiro atoms. The van der Waals surface area contributed by atoms with Crippen LogP contribution in [0, 0.1) is 0 Å². The lowest BCUT2D eigenvalue weighted by atomic mass is 10.1. The van der Waals surface area contributed by atoms with Crippen LogP contribution in [-0.2, 0) is 0 Å². The fourth-order valence-electron chi connectivity index (χ4n) is 1.81. The van der Waals surface area contributed by atoms with E-state index in [0.717, 1.165) is 19.3 Å². The quantitative estimate of drug-likeness (QED) is 0.553. The smallest absolute Gasteiger partial charge is 0.384 e. The van der Waals surface area contributed by atoms with Crippen molar-refractivity contribution >= 4 is 0 Å². The number of aliphatic hydroxyl groups excluding tert-OH is 1. The van der Waals surface area contributed by atoms with Gasteiger partial charge >= 0.3 is 6.18 Å². The molecule has 1 N–H and O–H groups in total. The second-order valence-electron chi connectivity index (χ2n) is 4.67. The lowest BCUT2D eigenvalue weighted by Gasteiger charge is -2.13. The van der Waals surface area contributed by atoms with Crippen molar-refractivity contribution in [2.45, 2.75) is 83.4 Å². The zero-order valence-electron chi connectivity index (χ0n) is 10.7. The van der Waals surface area contributed by atoms with Crippen LogP contribution in [0.25, 0.3) is 0 Å². The number of aliphatic hydroxyl groups is 1. The van der Waals surface area contributed by atoms with E-state index < -0.39 is 12.3 Å². The normalized spacial score (nSPS) is 13.9. The highest BCUT2D eigenvalue weighted by molar-refractivity contribution is 4.64. The van der Waals surface area contributed by atoms with Crippen LogP contribution in [0.2, 0.25) is 0 Å². The molecule has 0 aromatic heterocycles. The maximum absolute atomic E-state index is 11.9. The Bertz CT molecular complexity index is 169. The van der Waals surface area contributed by atoms with Gasteiger partial charge in [-0.2, -0.15) is 13.2 Å². The van der Waals surface area contributed by atoms with Crippen LogP contribution in [0.3, 0.4) is 0 Å². The number of halogens is 3. The van der Waals surface area contributed by atoms with E-state index in [1.54, 1.807) is 0 Å². The molecule has 4 heteroatoms. The minimum Gasteiger partial charge on any atom is -0.384 e. The molecule has 0 bridgehead atoms. The Kier molecular flexibility index (Phi) is 9.60. The highest BCUT2D eigenvalue weighted by atomic mass is 19.4. The summed E-state index contributed by atoms with van der Waals surface area (Å²) in [6.07, 6.45) is 2.81. The van der Waals surface area contributed by atoms with Crippen LogP contribution in [-0.4, -0.2) is 17.4 Å². The van der Waals surface area contributed by atoms with Crippen LogP contribution in [0.4, 0.5) is 13.2 Å². The molecular formula is C13H25F3O. The molecule has 0 amide bonds. The molecule has 0 saturated carbocycles. The van der Waals surface area contributed by atoms with E-state index in [4.69, 9.17) is 5.11 Å². The van der Waals surface area contributed by atoms with Gasteiger partial charge in [-0.15, -0.1) is 0 Å². The molecule has 0 rings (SSSR count). The van der Waals surface area contributed by atoms with Crippen LogP contribution in [0.5, 0.6) is 0 Å². The zero-order chi connectivity index (χ0) is 13.1. The summed E-state index contributed by atoms with van der Waals surface area (Å²) in [4.78, 5) is 0. The number of hydrogen-bond acceptors (Lipinski definition) is 1. The van der Waals surface area contributed by atoms with Crippen molar-refractivity contribution in [2.75, 3.05) is 0 Å². The monoisotopic (exact) mass is 254 g/mol. The summed E-state index contributed by atoms with van der Waals surface area (Å²) in [6, 6.07) is 0. The van der Waals surface area contributed by atoms with Crippen molar-refractivity contribution in [3.8, 4) is 0 Å². The first-order chi connectivity index (χ1) is 7.98. The average Bonchev–Trinajstić information content (AvgIpc) is 2.25. The van der Waals surface area contributed by atoms with Crippen molar-refractivity contribution in [3.63, 3.8) is 0 Å². The van der Waals surface area contributed by atoms with Gasteiger partial charge in [0, 0.05) is 0 Å². The highest BCUT2D eigenvalue weighted by Crippen LogP contribution is 2.24. The van der Waals surface area contributed by atoms with Crippen molar-refractivity contribution in [1.82, 2.24) is 0 Å². The molecule has 0 fully saturated rings. The van der Waals surface area contributed by atoms with Crippen LogP contribution < -0.4 is 0 Å². The van der Waals surface area contributed by atoms with E-state index in [1.165, 1.54) is 32.1 Å². The summed E-state index contributed by atoms with van der Waals surface area (Å²) in [7, 11) is 0. The highest BCUT2D eigenvalue weighted by Gasteiger charge is 2.37. The van der Waals surface area contributed by atoms with Gasteiger partial charge in [0.2, 0.25) is 0 Å². The lowest BCUT2D eigenvalue weighted by molar-refractivity contribution is -0.205. The molecule has 1 nitrogen and oxygen atoms in total. The molecule has 0 aromatic rings. The number of hydrogen-bond donors (Lipinski definition) is 1. The van der Waals surface area contributed by atoms with Gasteiger partial charge in [0.25, 0.3) is 0 Å². The number of alkyl halides is 3. The van der Waals surface area contributed by atoms with Gasteiger partial charge in [-0.25, -0.2) is 0 Å². The van der Waals surface area contributed by atoms with Crippen molar-refractivity contribution in [2.24, 2.45) is 0 Å². The molecule has 0 aliphatic carbocycles. The molecular weight excluding hydrogens is 229 g/mol. The van der Waals surface area contributed by atoms with Gasteiger partial charge < -0.3 is 5.11 Å². The summed E-state index contributed by atoms with van der Waals surface area (Å²) in [6.45, 7) is 2.17. The molecule has 1 atom stereocenters. The molecule has 0 heterocycles. The van der Waals surface area contributed by atoms with Gasteiger partial charge in [0.05, 0.1) is 0 Å². The third-order valence-corrected chi connectivity index (χ3v) is 2.96. The standard InChI is InChI=1S/C13H25F3O/c1-2-3-4-5-6-7-8-9-10-11-12(17)13(14,15)16/h12,17H,2-11H2,1H3. The van der Waals surface area contributed by atoms with E-state index in [1.807, 2.05) is 0 Å². The second kappa shape index (κ2) is 9.75. The number of rotatable bonds is 10. The van der Waals surface area contributed by atoms with E-state index in [0.29, 0.717) is 6.42 Å². The fourth-order valence-corrected chi connectivity index (χ4v) is 1.81. The predicted octanol–water partition coefficient (Wildman–Crippen LogP) is 4.83. The average molecular weight is 254 g/mol.